The number of hydrogen-bond donors (Lipinski definition) is 2. The van der Waals surface area contributed by atoms with Gasteiger partial charge in [-0.05, 0) is 38.9 Å². The Morgan fingerprint density at radius 2 is 2.31 bits per heavy atom. The zero-order valence-corrected chi connectivity index (χ0v) is 8.96. The molecule has 4 nitrogen and oxygen atoms in total. The fourth-order valence-corrected chi connectivity index (χ4v) is 2.14. The molecule has 3 N–H and O–H groups in total. The molecule has 1 atom stereocenters. The van der Waals surface area contributed by atoms with Gasteiger partial charge >= 0.3 is 0 Å². The summed E-state index contributed by atoms with van der Waals surface area (Å²) in [5.74, 6) is 0. The van der Waals surface area contributed by atoms with E-state index in [-0.39, 0.29) is 6.04 Å². The fraction of sp³-hybridized carbons (Fsp3) is 1.00. The minimum atomic E-state index is 0.228. The average molecular weight is 205 g/mol. The molecule has 1 heterocycles. The van der Waals surface area contributed by atoms with Gasteiger partial charge in [0, 0.05) is 18.2 Å². The van der Waals surface area contributed by atoms with Crippen LogP contribution in [0.3, 0.4) is 0 Å². The second kappa shape index (κ2) is 5.82. The molecule has 0 spiro atoms. The summed E-state index contributed by atoms with van der Waals surface area (Å²) >= 11 is 0.920. The van der Waals surface area contributed by atoms with E-state index in [1.807, 2.05) is 0 Å². The first kappa shape index (κ1) is 11.3. The lowest BCUT2D eigenvalue weighted by Gasteiger charge is -2.21. The maximum absolute atomic E-state index is 9.42. The monoisotopic (exact) mass is 205 g/mol. The SMILES string of the molecule is CCN1CCCC(N(O)SN)CC1. The Kier molecular flexibility index (Phi) is 5.05. The predicted molar refractivity (Wildman–Crippen MR) is 55.2 cm³/mol. The number of hydroxylamine groups is 1. The van der Waals surface area contributed by atoms with Crippen molar-refractivity contribution in [3.63, 3.8) is 0 Å². The standard InChI is InChI=1S/C8H19N3OS/c1-2-10-6-3-4-8(5-7-10)11(12)13-9/h8,12H,2-7,9H2,1H3. The summed E-state index contributed by atoms with van der Waals surface area (Å²) in [6.45, 7) is 5.50. The lowest BCUT2D eigenvalue weighted by molar-refractivity contribution is -0.0276. The smallest absolute Gasteiger partial charge is 0.0492 e. The highest BCUT2D eigenvalue weighted by Crippen LogP contribution is 2.18. The molecule has 0 bridgehead atoms. The van der Waals surface area contributed by atoms with Gasteiger partial charge in [0.05, 0.1) is 0 Å². The van der Waals surface area contributed by atoms with Gasteiger partial charge in [-0.1, -0.05) is 6.92 Å². The first-order valence-electron chi connectivity index (χ1n) is 4.85. The second-order valence-corrected chi connectivity index (χ2v) is 4.01. The van der Waals surface area contributed by atoms with Gasteiger partial charge < -0.3 is 10.1 Å². The Hall–Kier alpha value is 0.190. The van der Waals surface area contributed by atoms with Crippen LogP contribution in [0.2, 0.25) is 0 Å². The molecule has 0 aromatic rings. The van der Waals surface area contributed by atoms with Crippen molar-refractivity contribution in [2.24, 2.45) is 5.14 Å². The summed E-state index contributed by atoms with van der Waals surface area (Å²) in [4.78, 5) is 2.41. The Bertz CT molecular complexity index is 147. The number of rotatable bonds is 3. The van der Waals surface area contributed by atoms with Gasteiger partial charge in [-0.2, -0.15) is 0 Å². The molecule has 1 aliphatic heterocycles. The van der Waals surface area contributed by atoms with Crippen LogP contribution in [0, 0.1) is 0 Å². The highest BCUT2D eigenvalue weighted by molar-refractivity contribution is 7.94. The number of likely N-dealkylation sites (tertiary alicyclic amines) is 1. The third-order valence-electron chi connectivity index (χ3n) is 2.66. The van der Waals surface area contributed by atoms with Crippen LogP contribution >= 0.6 is 12.1 Å². The highest BCUT2D eigenvalue weighted by atomic mass is 32.2. The summed E-state index contributed by atoms with van der Waals surface area (Å²) in [6, 6.07) is 0.228. The van der Waals surface area contributed by atoms with E-state index in [4.69, 9.17) is 5.14 Å². The van der Waals surface area contributed by atoms with Gasteiger partial charge in [0.25, 0.3) is 0 Å². The molecule has 0 aromatic carbocycles. The Balaban J connectivity index is 2.35. The molecule has 1 fully saturated rings. The highest BCUT2D eigenvalue weighted by Gasteiger charge is 2.20. The average Bonchev–Trinajstić information content (AvgIpc) is 2.41. The van der Waals surface area contributed by atoms with E-state index in [0.29, 0.717) is 0 Å². The van der Waals surface area contributed by atoms with E-state index in [0.717, 1.165) is 51.0 Å². The maximum Gasteiger partial charge on any atom is 0.0492 e. The van der Waals surface area contributed by atoms with E-state index in [2.05, 4.69) is 11.8 Å². The molecule has 0 aromatic heterocycles. The maximum atomic E-state index is 9.42. The van der Waals surface area contributed by atoms with E-state index in [1.165, 1.54) is 4.47 Å². The first-order chi connectivity index (χ1) is 6.27. The van der Waals surface area contributed by atoms with Crippen molar-refractivity contribution >= 4 is 12.1 Å². The van der Waals surface area contributed by atoms with Crippen LogP contribution in [-0.2, 0) is 0 Å². The van der Waals surface area contributed by atoms with Crippen LogP contribution in [0.1, 0.15) is 26.2 Å². The third kappa shape index (κ3) is 3.44. The van der Waals surface area contributed by atoms with Crippen molar-refractivity contribution in [1.82, 2.24) is 9.37 Å². The van der Waals surface area contributed by atoms with Gasteiger partial charge in [-0.15, -0.1) is 4.47 Å². The van der Waals surface area contributed by atoms with Crippen molar-refractivity contribution in [1.29, 1.82) is 0 Å². The molecular formula is C8H19N3OS. The quantitative estimate of drug-likeness (QED) is 0.533. The molecule has 0 saturated carbocycles. The van der Waals surface area contributed by atoms with Gasteiger partial charge in [-0.25, -0.2) is 0 Å². The summed E-state index contributed by atoms with van der Waals surface area (Å²) in [6.07, 6.45) is 3.20. The van der Waals surface area contributed by atoms with Crippen LogP contribution in [0.5, 0.6) is 0 Å². The van der Waals surface area contributed by atoms with E-state index in [1.54, 1.807) is 0 Å². The molecule has 1 unspecified atom stereocenters. The normalized spacial score (nSPS) is 26.3. The van der Waals surface area contributed by atoms with Crippen LogP contribution in [0.15, 0.2) is 0 Å². The summed E-state index contributed by atoms with van der Waals surface area (Å²) in [5.41, 5.74) is 0. The molecule has 78 valence electrons. The predicted octanol–water partition coefficient (Wildman–Crippen LogP) is 1.07. The van der Waals surface area contributed by atoms with Crippen LogP contribution in [-0.4, -0.2) is 40.3 Å². The van der Waals surface area contributed by atoms with Crippen LogP contribution in [0.4, 0.5) is 0 Å². The first-order valence-corrected chi connectivity index (χ1v) is 5.69. The molecule has 0 amide bonds. The van der Waals surface area contributed by atoms with Gasteiger partial charge in [0.15, 0.2) is 0 Å². The second-order valence-electron chi connectivity index (χ2n) is 3.43. The topological polar surface area (TPSA) is 52.7 Å². The van der Waals surface area contributed by atoms with Crippen LogP contribution in [0.25, 0.3) is 0 Å². The van der Waals surface area contributed by atoms with Gasteiger partial charge in [0.1, 0.15) is 0 Å². The Labute approximate surface area is 84.3 Å². The number of hydrogen-bond acceptors (Lipinski definition) is 5. The minimum absolute atomic E-state index is 0.228. The summed E-state index contributed by atoms with van der Waals surface area (Å²) < 4.78 is 1.19. The van der Waals surface area contributed by atoms with E-state index < -0.39 is 0 Å². The summed E-state index contributed by atoms with van der Waals surface area (Å²) in [5, 5.41) is 14.7. The third-order valence-corrected chi connectivity index (χ3v) is 3.17. The van der Waals surface area contributed by atoms with Gasteiger partial charge in [-0.3, -0.25) is 5.14 Å². The molecule has 5 heteroatoms. The molecule has 1 aliphatic rings. The molecular weight excluding hydrogens is 186 g/mol. The molecule has 1 rings (SSSR count). The van der Waals surface area contributed by atoms with Crippen molar-refractivity contribution < 1.29 is 5.21 Å². The van der Waals surface area contributed by atoms with Crippen molar-refractivity contribution in [3.05, 3.63) is 0 Å². The van der Waals surface area contributed by atoms with E-state index >= 15 is 0 Å². The van der Waals surface area contributed by atoms with Crippen LogP contribution < -0.4 is 5.14 Å². The van der Waals surface area contributed by atoms with Crippen molar-refractivity contribution in [2.75, 3.05) is 19.6 Å². The zero-order chi connectivity index (χ0) is 9.68. The number of nitrogens with two attached hydrogens (primary N) is 1. The van der Waals surface area contributed by atoms with E-state index in [9.17, 15) is 5.21 Å². The summed E-state index contributed by atoms with van der Waals surface area (Å²) in [7, 11) is 0. The molecule has 13 heavy (non-hydrogen) atoms. The van der Waals surface area contributed by atoms with Crippen molar-refractivity contribution in [3.8, 4) is 0 Å². The molecule has 1 saturated heterocycles. The lowest BCUT2D eigenvalue weighted by Crippen LogP contribution is -2.30. The van der Waals surface area contributed by atoms with Gasteiger partial charge in [0.2, 0.25) is 0 Å². The minimum Gasteiger partial charge on any atom is -0.304 e. The number of nitrogens with zero attached hydrogens (tertiary/aromatic N) is 2. The molecule has 0 aliphatic carbocycles. The van der Waals surface area contributed by atoms with Crippen molar-refractivity contribution in [2.45, 2.75) is 32.2 Å². The molecule has 0 radical (unpaired) electrons. The largest absolute Gasteiger partial charge is 0.304 e. The Morgan fingerprint density at radius 3 is 2.92 bits per heavy atom. The lowest BCUT2D eigenvalue weighted by atomic mass is 10.1. The zero-order valence-electron chi connectivity index (χ0n) is 8.15. The Morgan fingerprint density at radius 1 is 1.54 bits per heavy atom. The fourth-order valence-electron chi connectivity index (χ4n) is 1.76.